The minimum atomic E-state index is -2.58. The van der Waals surface area contributed by atoms with Crippen molar-refractivity contribution in [2.24, 2.45) is 0 Å². The van der Waals surface area contributed by atoms with Gasteiger partial charge in [0.25, 0.3) is 0 Å². The van der Waals surface area contributed by atoms with Gasteiger partial charge in [-0.3, -0.25) is 18.7 Å². The maximum atomic E-state index is 13.6. The van der Waals surface area contributed by atoms with Gasteiger partial charge >= 0.3 is 0 Å². The SMILES string of the molecule is O=C(NC1CCS(O)(O)CC1)C(c1cncnc1)N(CCc1cccc(F)c1)C(=O)CCl. The first-order valence-electron chi connectivity index (χ1n) is 10.2. The highest BCUT2D eigenvalue weighted by atomic mass is 35.5. The lowest BCUT2D eigenvalue weighted by Gasteiger charge is -2.40. The molecule has 2 aromatic rings. The molecule has 11 heteroatoms. The number of amides is 2. The van der Waals surface area contributed by atoms with E-state index in [0.29, 0.717) is 30.4 Å². The monoisotopic (exact) mass is 484 g/mol. The van der Waals surface area contributed by atoms with Crippen LogP contribution in [0.3, 0.4) is 0 Å². The van der Waals surface area contributed by atoms with E-state index in [9.17, 15) is 23.1 Å². The average molecular weight is 485 g/mol. The minimum Gasteiger partial charge on any atom is -0.351 e. The maximum Gasteiger partial charge on any atom is 0.247 e. The first-order valence-corrected chi connectivity index (χ1v) is 12.6. The molecule has 1 saturated heterocycles. The van der Waals surface area contributed by atoms with Crippen LogP contribution in [-0.4, -0.2) is 65.8 Å². The summed E-state index contributed by atoms with van der Waals surface area (Å²) in [5, 5.41) is 2.92. The predicted molar refractivity (Wildman–Crippen MR) is 121 cm³/mol. The number of aromatic nitrogens is 2. The third-order valence-corrected chi connectivity index (χ3v) is 7.36. The molecule has 3 rings (SSSR count). The van der Waals surface area contributed by atoms with Gasteiger partial charge in [0.1, 0.15) is 24.1 Å². The van der Waals surface area contributed by atoms with Gasteiger partial charge in [-0.2, -0.15) is 10.6 Å². The number of benzene rings is 1. The average Bonchev–Trinajstić information content (AvgIpc) is 2.78. The lowest BCUT2D eigenvalue weighted by molar-refractivity contribution is -0.139. The fourth-order valence-electron chi connectivity index (χ4n) is 3.67. The van der Waals surface area contributed by atoms with E-state index in [-0.39, 0.29) is 35.8 Å². The van der Waals surface area contributed by atoms with Crippen molar-refractivity contribution in [3.63, 3.8) is 0 Å². The van der Waals surface area contributed by atoms with Gasteiger partial charge in [-0.25, -0.2) is 14.4 Å². The van der Waals surface area contributed by atoms with Crippen LogP contribution in [0, 0.1) is 5.82 Å². The van der Waals surface area contributed by atoms with Crippen LogP contribution in [0.15, 0.2) is 43.0 Å². The quantitative estimate of drug-likeness (QED) is 0.496. The van der Waals surface area contributed by atoms with Crippen LogP contribution >= 0.6 is 22.2 Å². The largest absolute Gasteiger partial charge is 0.351 e. The molecule has 2 heterocycles. The summed E-state index contributed by atoms with van der Waals surface area (Å²) in [5.41, 5.74) is 1.10. The van der Waals surface area contributed by atoms with Crippen LogP contribution in [0.4, 0.5) is 4.39 Å². The highest BCUT2D eigenvalue weighted by molar-refractivity contribution is 8.24. The van der Waals surface area contributed by atoms with Gasteiger partial charge in [-0.05, 0) is 37.0 Å². The van der Waals surface area contributed by atoms with Crippen molar-refractivity contribution in [2.75, 3.05) is 23.9 Å². The molecule has 174 valence electrons. The molecule has 0 spiro atoms. The van der Waals surface area contributed by atoms with Gasteiger partial charge in [0.15, 0.2) is 0 Å². The first-order chi connectivity index (χ1) is 15.3. The van der Waals surface area contributed by atoms with E-state index in [0.717, 1.165) is 0 Å². The van der Waals surface area contributed by atoms with Crippen LogP contribution in [0.1, 0.15) is 30.0 Å². The Morgan fingerprint density at radius 2 is 1.94 bits per heavy atom. The molecule has 0 radical (unpaired) electrons. The van der Waals surface area contributed by atoms with E-state index in [1.807, 2.05) is 0 Å². The van der Waals surface area contributed by atoms with E-state index in [1.165, 1.54) is 35.8 Å². The molecule has 1 aromatic heterocycles. The van der Waals surface area contributed by atoms with Crippen molar-refractivity contribution < 1.29 is 23.1 Å². The second-order valence-electron chi connectivity index (χ2n) is 7.67. The molecule has 0 aliphatic carbocycles. The highest BCUT2D eigenvalue weighted by Crippen LogP contribution is 2.44. The van der Waals surface area contributed by atoms with E-state index in [4.69, 9.17) is 11.6 Å². The Morgan fingerprint density at radius 1 is 1.25 bits per heavy atom. The van der Waals surface area contributed by atoms with Gasteiger partial charge < -0.3 is 10.2 Å². The lowest BCUT2D eigenvalue weighted by Crippen LogP contribution is -2.49. The molecule has 0 bridgehead atoms. The third-order valence-electron chi connectivity index (χ3n) is 5.35. The summed E-state index contributed by atoms with van der Waals surface area (Å²) in [4.78, 5) is 35.4. The van der Waals surface area contributed by atoms with E-state index < -0.39 is 28.4 Å². The van der Waals surface area contributed by atoms with Crippen LogP contribution in [0.25, 0.3) is 0 Å². The summed E-state index contributed by atoms with van der Waals surface area (Å²) in [6, 6.07) is 4.77. The summed E-state index contributed by atoms with van der Waals surface area (Å²) in [6.45, 7) is 0.132. The van der Waals surface area contributed by atoms with Crippen molar-refractivity contribution in [3.05, 3.63) is 59.9 Å². The smallest absolute Gasteiger partial charge is 0.247 e. The fourth-order valence-corrected chi connectivity index (χ4v) is 5.36. The molecule has 32 heavy (non-hydrogen) atoms. The van der Waals surface area contributed by atoms with Crippen LogP contribution < -0.4 is 5.32 Å². The number of hydrogen-bond donors (Lipinski definition) is 3. The molecule has 0 saturated carbocycles. The number of nitrogens with one attached hydrogen (secondary N) is 1. The summed E-state index contributed by atoms with van der Waals surface area (Å²) >= 11 is 5.85. The molecule has 1 aliphatic heterocycles. The minimum absolute atomic E-state index is 0.132. The molecule has 1 fully saturated rings. The summed E-state index contributed by atoms with van der Waals surface area (Å²) in [7, 11) is -2.58. The second kappa shape index (κ2) is 11.0. The number of carbonyl (C=O) groups is 2. The molecule has 8 nitrogen and oxygen atoms in total. The van der Waals surface area contributed by atoms with Crippen molar-refractivity contribution in [2.45, 2.75) is 31.3 Å². The predicted octanol–water partition coefficient (Wildman–Crippen LogP) is 3.00. The maximum absolute atomic E-state index is 13.6. The van der Waals surface area contributed by atoms with Gasteiger partial charge in [0.2, 0.25) is 11.8 Å². The third kappa shape index (κ3) is 6.61. The second-order valence-corrected chi connectivity index (χ2v) is 10.4. The summed E-state index contributed by atoms with van der Waals surface area (Å²) in [6.07, 6.45) is 5.43. The number of hydrogen-bond acceptors (Lipinski definition) is 6. The molecular formula is C21H26ClFN4O4S. The standard InChI is InChI=1S/C21H26ClFN4O4S/c22-11-19(28)27(7-4-15-2-1-3-17(23)10-15)20(16-12-24-14-25-13-16)21(29)26-18-5-8-32(30,31)9-6-18/h1-3,10,12-14,18,20,30-31H,4-9,11H2,(H,26,29). The van der Waals surface area contributed by atoms with E-state index >= 15 is 0 Å². The van der Waals surface area contributed by atoms with Crippen LogP contribution in [0.5, 0.6) is 0 Å². The summed E-state index contributed by atoms with van der Waals surface area (Å²) < 4.78 is 33.2. The van der Waals surface area contributed by atoms with Crippen LogP contribution in [0.2, 0.25) is 0 Å². The van der Waals surface area contributed by atoms with Crippen molar-refractivity contribution in [3.8, 4) is 0 Å². The number of rotatable bonds is 8. The lowest BCUT2D eigenvalue weighted by atomic mass is 10.0. The van der Waals surface area contributed by atoms with Crippen LogP contribution in [-0.2, 0) is 16.0 Å². The zero-order chi connectivity index (χ0) is 23.1. The normalized spacial score (nSPS) is 17.9. The topological polar surface area (TPSA) is 116 Å². The molecule has 1 aromatic carbocycles. The number of alkyl halides is 1. The number of carbonyl (C=O) groups excluding carboxylic acids is 2. The fraction of sp³-hybridized carbons (Fsp3) is 0.429. The Labute approximate surface area is 192 Å². The Hall–Kier alpha value is -2.27. The molecule has 1 aliphatic rings. The van der Waals surface area contributed by atoms with E-state index in [2.05, 4.69) is 15.3 Å². The van der Waals surface area contributed by atoms with Gasteiger partial charge in [-0.1, -0.05) is 12.1 Å². The highest BCUT2D eigenvalue weighted by Gasteiger charge is 2.34. The van der Waals surface area contributed by atoms with Gasteiger partial charge in [-0.15, -0.1) is 11.6 Å². The van der Waals surface area contributed by atoms with Crippen molar-refractivity contribution >= 4 is 34.0 Å². The van der Waals surface area contributed by atoms with Crippen molar-refractivity contribution in [1.82, 2.24) is 20.2 Å². The molecule has 1 atom stereocenters. The summed E-state index contributed by atoms with van der Waals surface area (Å²) in [5.74, 6) is -1.15. The molecule has 2 amide bonds. The number of nitrogens with zero attached hydrogens (tertiary/aromatic N) is 3. The van der Waals surface area contributed by atoms with Gasteiger partial charge in [0.05, 0.1) is 0 Å². The molecular weight excluding hydrogens is 459 g/mol. The van der Waals surface area contributed by atoms with Gasteiger partial charge in [0, 0.05) is 42.0 Å². The molecule has 1 unspecified atom stereocenters. The zero-order valence-corrected chi connectivity index (χ0v) is 18.9. The Morgan fingerprint density at radius 3 is 2.56 bits per heavy atom. The first kappa shape index (κ1) is 24.4. The zero-order valence-electron chi connectivity index (χ0n) is 17.4. The van der Waals surface area contributed by atoms with E-state index in [1.54, 1.807) is 12.1 Å². The Balaban J connectivity index is 1.82. The Kier molecular flexibility index (Phi) is 8.41. The molecule has 3 N–H and O–H groups in total. The van der Waals surface area contributed by atoms with Crippen molar-refractivity contribution in [1.29, 1.82) is 0 Å². The Bertz CT molecular complexity index is 927. The number of halogens is 2.